The quantitative estimate of drug-likeness (QED) is 0.142. The van der Waals surface area contributed by atoms with E-state index in [2.05, 4.69) is 34.6 Å². The van der Waals surface area contributed by atoms with Gasteiger partial charge in [-0.25, -0.2) is 0 Å². The fourth-order valence-corrected chi connectivity index (χ4v) is 13.8. The minimum atomic E-state index is -0.741. The molecule has 314 valence electrons. The van der Waals surface area contributed by atoms with Crippen LogP contribution in [0.15, 0.2) is 0 Å². The van der Waals surface area contributed by atoms with Gasteiger partial charge < -0.3 is 28.4 Å². The van der Waals surface area contributed by atoms with Crippen molar-refractivity contribution in [2.24, 2.45) is 69.0 Å². The zero-order chi connectivity index (χ0) is 39.5. The normalized spacial score (nSPS) is 43.2. The summed E-state index contributed by atoms with van der Waals surface area (Å²) in [5.41, 5.74) is -2.21. The van der Waals surface area contributed by atoms with Crippen LogP contribution < -0.4 is 0 Å². The summed E-state index contributed by atoms with van der Waals surface area (Å²) < 4.78 is 36.3. The molecule has 6 aliphatic carbocycles. The number of carbonyl (C=O) groups excluding carboxylic acids is 4. The van der Waals surface area contributed by atoms with Crippen molar-refractivity contribution in [2.45, 2.75) is 155 Å². The van der Waals surface area contributed by atoms with Gasteiger partial charge in [0.1, 0.15) is 24.9 Å². The van der Waals surface area contributed by atoms with Crippen LogP contribution in [-0.4, -0.2) is 75.2 Å². The van der Waals surface area contributed by atoms with E-state index in [0.29, 0.717) is 94.9 Å². The molecule has 6 saturated carbocycles. The zero-order valence-corrected chi connectivity index (χ0v) is 35.0. The molecule has 6 bridgehead atoms. The number of fused-ring (bicyclic) bond motifs is 6. The number of rotatable bonds is 12. The van der Waals surface area contributed by atoms with E-state index in [-0.39, 0.29) is 58.6 Å². The lowest BCUT2D eigenvalue weighted by molar-refractivity contribution is -0.198. The predicted octanol–water partition coefficient (Wildman–Crippen LogP) is 8.02. The lowest BCUT2D eigenvalue weighted by Gasteiger charge is -2.52. The molecule has 2 saturated heterocycles. The Morgan fingerprint density at radius 1 is 0.536 bits per heavy atom. The molecule has 8 fully saturated rings. The van der Waals surface area contributed by atoms with Gasteiger partial charge in [-0.15, -0.1) is 0 Å². The third-order valence-corrected chi connectivity index (χ3v) is 16.4. The number of hydrogen-bond donors (Lipinski definition) is 0. The molecular weight excluding hydrogens is 712 g/mol. The number of carbonyl (C=O) groups is 4. The van der Waals surface area contributed by atoms with Crippen LogP contribution in [0.3, 0.4) is 0 Å². The molecule has 8 rings (SSSR count). The Morgan fingerprint density at radius 3 is 1.62 bits per heavy atom. The average Bonchev–Trinajstić information content (AvgIpc) is 3.09. The van der Waals surface area contributed by atoms with E-state index in [1.54, 1.807) is 0 Å². The van der Waals surface area contributed by atoms with Crippen molar-refractivity contribution in [2.75, 3.05) is 39.6 Å². The van der Waals surface area contributed by atoms with Gasteiger partial charge in [-0.2, -0.15) is 0 Å². The summed E-state index contributed by atoms with van der Waals surface area (Å²) >= 11 is 0. The second-order valence-electron chi connectivity index (χ2n) is 21.6. The highest BCUT2D eigenvalue weighted by Crippen LogP contribution is 2.57. The van der Waals surface area contributed by atoms with Crippen LogP contribution in [0.4, 0.5) is 0 Å². The van der Waals surface area contributed by atoms with Gasteiger partial charge in [0.05, 0.1) is 59.9 Å². The first kappa shape index (κ1) is 40.6. The van der Waals surface area contributed by atoms with Crippen LogP contribution in [0.25, 0.3) is 0 Å². The lowest BCUT2D eigenvalue weighted by atomic mass is 9.56. The molecule has 0 aromatic heterocycles. The molecule has 0 aromatic carbocycles. The van der Waals surface area contributed by atoms with Gasteiger partial charge in [-0.05, 0) is 132 Å². The molecule has 10 heteroatoms. The molecule has 10 nitrogen and oxygen atoms in total. The van der Waals surface area contributed by atoms with Crippen molar-refractivity contribution in [1.29, 1.82) is 0 Å². The molecule has 0 spiro atoms. The Balaban J connectivity index is 0.940. The van der Waals surface area contributed by atoms with Crippen LogP contribution in [0, 0.1) is 69.0 Å². The summed E-state index contributed by atoms with van der Waals surface area (Å²) in [6.45, 7) is 14.2. The third kappa shape index (κ3) is 7.93. The van der Waals surface area contributed by atoms with E-state index in [9.17, 15) is 19.2 Å². The first-order chi connectivity index (χ1) is 26.7. The van der Waals surface area contributed by atoms with Gasteiger partial charge in [-0.3, -0.25) is 19.2 Å². The van der Waals surface area contributed by atoms with Gasteiger partial charge in [0.2, 0.25) is 0 Å². The monoisotopic (exact) mass is 782 g/mol. The van der Waals surface area contributed by atoms with E-state index in [1.807, 2.05) is 0 Å². The molecule has 0 amide bonds. The second kappa shape index (κ2) is 15.4. The molecule has 8 aliphatic rings. The SMILES string of the molecule is CCC1(COC(=O)C2CC3CC(C)CC(OC(=O)C4CC5CC(C)CC(C(=O)OC6CC7CC(C)CC(C(=O)OCC8(CC)COC8)(C7)C6)(C5)C4)(C3)C2)COC1. The highest BCUT2D eigenvalue weighted by Gasteiger charge is 2.58. The summed E-state index contributed by atoms with van der Waals surface area (Å²) in [6.07, 6.45) is 12.8. The maximum absolute atomic E-state index is 14.7. The first-order valence-corrected chi connectivity index (χ1v) is 22.6. The molecule has 12 atom stereocenters. The maximum Gasteiger partial charge on any atom is 0.312 e. The molecule has 56 heavy (non-hydrogen) atoms. The van der Waals surface area contributed by atoms with Crippen molar-refractivity contribution >= 4 is 23.9 Å². The lowest BCUT2D eigenvalue weighted by Crippen LogP contribution is -2.53. The summed E-state index contributed by atoms with van der Waals surface area (Å²) in [6, 6.07) is 0. The van der Waals surface area contributed by atoms with Crippen molar-refractivity contribution in [1.82, 2.24) is 0 Å². The number of esters is 4. The Bertz CT molecular complexity index is 1480. The Labute approximate surface area is 334 Å². The predicted molar refractivity (Wildman–Crippen MR) is 207 cm³/mol. The van der Waals surface area contributed by atoms with Gasteiger partial charge in [-0.1, -0.05) is 34.6 Å². The van der Waals surface area contributed by atoms with Crippen LogP contribution in [-0.2, 0) is 47.6 Å². The Kier molecular flexibility index (Phi) is 11.2. The molecule has 12 unspecified atom stereocenters. The van der Waals surface area contributed by atoms with Crippen molar-refractivity contribution in [3.63, 3.8) is 0 Å². The van der Waals surface area contributed by atoms with Crippen LogP contribution in [0.2, 0.25) is 0 Å². The molecule has 2 heterocycles. The average molecular weight is 783 g/mol. The molecular formula is C46H70O10. The largest absolute Gasteiger partial charge is 0.465 e. The summed E-state index contributed by atoms with van der Waals surface area (Å²) in [4.78, 5) is 56.6. The van der Waals surface area contributed by atoms with Crippen molar-refractivity contribution in [3.8, 4) is 0 Å². The van der Waals surface area contributed by atoms with E-state index >= 15 is 0 Å². The Hall–Kier alpha value is -2.20. The summed E-state index contributed by atoms with van der Waals surface area (Å²) in [5.74, 6) is 0.697. The minimum Gasteiger partial charge on any atom is -0.465 e. The molecule has 0 N–H and O–H groups in total. The highest BCUT2D eigenvalue weighted by molar-refractivity contribution is 5.81. The standard InChI is InChI=1S/C46H70O10/c1-6-42(23-51-24-42)27-53-38(47)36-12-33-10-31(5)16-46(19-33,21-36)56-39(48)35-11-32-8-29(3)14-44(17-32,20-35)41(50)55-37-13-34-9-30(4)15-45(18-34,22-37)40(49)54-28-43(7-2)25-52-26-43/h29-37H,6-28H2,1-5H3. The van der Waals surface area contributed by atoms with E-state index in [0.717, 1.165) is 83.5 Å². The van der Waals surface area contributed by atoms with Crippen LogP contribution in [0.5, 0.6) is 0 Å². The highest BCUT2D eigenvalue weighted by atomic mass is 16.6. The fraction of sp³-hybridized carbons (Fsp3) is 0.913. The van der Waals surface area contributed by atoms with Crippen molar-refractivity contribution < 1.29 is 47.6 Å². The Morgan fingerprint density at radius 2 is 1.05 bits per heavy atom. The maximum atomic E-state index is 14.7. The third-order valence-electron chi connectivity index (χ3n) is 16.4. The smallest absolute Gasteiger partial charge is 0.312 e. The number of hydrogen-bond acceptors (Lipinski definition) is 10. The van der Waals surface area contributed by atoms with Gasteiger partial charge in [0.25, 0.3) is 0 Å². The molecule has 2 aliphatic heterocycles. The van der Waals surface area contributed by atoms with Crippen LogP contribution in [0.1, 0.15) is 144 Å². The van der Waals surface area contributed by atoms with Gasteiger partial charge >= 0.3 is 23.9 Å². The van der Waals surface area contributed by atoms with Crippen molar-refractivity contribution in [3.05, 3.63) is 0 Å². The van der Waals surface area contributed by atoms with Gasteiger partial charge in [0.15, 0.2) is 0 Å². The number of ether oxygens (including phenoxy) is 6. The summed E-state index contributed by atoms with van der Waals surface area (Å²) in [5, 5.41) is 0. The minimum absolute atomic E-state index is 0.0717. The molecule has 0 aromatic rings. The van der Waals surface area contributed by atoms with Crippen LogP contribution >= 0.6 is 0 Å². The van der Waals surface area contributed by atoms with E-state index in [1.165, 1.54) is 0 Å². The fourth-order valence-electron chi connectivity index (χ4n) is 13.8. The van der Waals surface area contributed by atoms with E-state index < -0.39 is 16.4 Å². The first-order valence-electron chi connectivity index (χ1n) is 22.6. The molecule has 0 radical (unpaired) electrons. The topological polar surface area (TPSA) is 124 Å². The van der Waals surface area contributed by atoms with Gasteiger partial charge in [0, 0.05) is 12.8 Å². The summed E-state index contributed by atoms with van der Waals surface area (Å²) in [7, 11) is 0. The zero-order valence-electron chi connectivity index (χ0n) is 35.0. The second-order valence-corrected chi connectivity index (χ2v) is 21.6. The van der Waals surface area contributed by atoms with E-state index in [4.69, 9.17) is 28.4 Å².